The monoisotopic (exact) mass is 201 g/mol. The molecule has 1 heteroatoms. The maximum Gasteiger partial charge on any atom is 0.0454 e. The number of hydrogen-bond acceptors (Lipinski definition) is 0. The first-order valence-corrected chi connectivity index (χ1v) is 5.73. The molecule has 2 rings (SSSR count). The number of fused-ring (bicyclic) bond motifs is 1. The van der Waals surface area contributed by atoms with E-state index in [1.807, 2.05) is 6.20 Å². The van der Waals surface area contributed by atoms with Gasteiger partial charge in [-0.15, -0.1) is 0 Å². The van der Waals surface area contributed by atoms with E-state index in [0.717, 1.165) is 11.8 Å². The van der Waals surface area contributed by atoms with Gasteiger partial charge in [0.15, 0.2) is 0 Å². The molecule has 0 aliphatic heterocycles. The van der Waals surface area contributed by atoms with Crippen LogP contribution in [0.4, 0.5) is 0 Å². The SMILES string of the molecule is CC(C)C(C)Cc1ccc2[nH]ccc2c1. The quantitative estimate of drug-likeness (QED) is 0.772. The minimum atomic E-state index is 0.751. The Hall–Kier alpha value is -1.24. The van der Waals surface area contributed by atoms with Crippen LogP contribution < -0.4 is 0 Å². The average molecular weight is 201 g/mol. The summed E-state index contributed by atoms with van der Waals surface area (Å²) in [6.07, 6.45) is 3.18. The summed E-state index contributed by atoms with van der Waals surface area (Å²) in [6.45, 7) is 6.91. The fourth-order valence-electron chi connectivity index (χ4n) is 1.84. The molecule has 1 aromatic carbocycles. The zero-order valence-electron chi connectivity index (χ0n) is 9.75. The van der Waals surface area contributed by atoms with Crippen LogP contribution in [-0.4, -0.2) is 4.98 Å². The number of aromatic nitrogens is 1. The van der Waals surface area contributed by atoms with Gasteiger partial charge in [-0.1, -0.05) is 26.8 Å². The lowest BCUT2D eigenvalue weighted by molar-refractivity contribution is 0.417. The Morgan fingerprint density at radius 3 is 2.67 bits per heavy atom. The predicted octanol–water partition coefficient (Wildman–Crippen LogP) is 4.00. The lowest BCUT2D eigenvalue weighted by Crippen LogP contribution is -2.07. The van der Waals surface area contributed by atoms with Crippen LogP contribution in [-0.2, 0) is 6.42 Å². The number of H-pyrrole nitrogens is 1. The topological polar surface area (TPSA) is 15.8 Å². The van der Waals surface area contributed by atoms with Crippen molar-refractivity contribution in [2.45, 2.75) is 27.2 Å². The van der Waals surface area contributed by atoms with Crippen molar-refractivity contribution in [3.8, 4) is 0 Å². The maximum atomic E-state index is 3.22. The summed E-state index contributed by atoms with van der Waals surface area (Å²) >= 11 is 0. The third-order valence-electron chi connectivity index (χ3n) is 3.31. The second-order valence-electron chi connectivity index (χ2n) is 4.82. The molecule has 1 aromatic heterocycles. The van der Waals surface area contributed by atoms with Gasteiger partial charge in [-0.3, -0.25) is 0 Å². The van der Waals surface area contributed by atoms with Crippen molar-refractivity contribution in [3.05, 3.63) is 36.0 Å². The Kier molecular flexibility index (Phi) is 2.81. The van der Waals surface area contributed by atoms with E-state index in [0.29, 0.717) is 0 Å². The van der Waals surface area contributed by atoms with Crippen molar-refractivity contribution in [3.63, 3.8) is 0 Å². The van der Waals surface area contributed by atoms with Crippen LogP contribution in [0, 0.1) is 11.8 Å². The third kappa shape index (κ3) is 2.23. The number of rotatable bonds is 3. The summed E-state index contributed by atoms with van der Waals surface area (Å²) in [4.78, 5) is 3.22. The third-order valence-corrected chi connectivity index (χ3v) is 3.31. The van der Waals surface area contributed by atoms with E-state index in [1.54, 1.807) is 0 Å². The van der Waals surface area contributed by atoms with E-state index >= 15 is 0 Å². The first-order chi connectivity index (χ1) is 7.16. The number of aromatic amines is 1. The maximum absolute atomic E-state index is 3.22. The molecular weight excluding hydrogens is 182 g/mol. The smallest absolute Gasteiger partial charge is 0.0454 e. The Morgan fingerprint density at radius 2 is 1.93 bits per heavy atom. The van der Waals surface area contributed by atoms with Gasteiger partial charge in [0.2, 0.25) is 0 Å². The van der Waals surface area contributed by atoms with Crippen molar-refractivity contribution >= 4 is 10.9 Å². The highest BCUT2D eigenvalue weighted by atomic mass is 14.7. The molecule has 1 N–H and O–H groups in total. The zero-order chi connectivity index (χ0) is 10.8. The molecule has 2 aromatic rings. The lowest BCUT2D eigenvalue weighted by Gasteiger charge is -2.15. The molecule has 0 aliphatic rings. The van der Waals surface area contributed by atoms with Crippen LogP contribution in [0.2, 0.25) is 0 Å². The number of nitrogens with one attached hydrogen (secondary N) is 1. The van der Waals surface area contributed by atoms with E-state index in [2.05, 4.69) is 50.0 Å². The molecular formula is C14H19N. The molecule has 1 unspecified atom stereocenters. The van der Waals surface area contributed by atoms with E-state index in [1.165, 1.54) is 22.9 Å². The van der Waals surface area contributed by atoms with Crippen molar-refractivity contribution in [1.29, 1.82) is 0 Å². The minimum absolute atomic E-state index is 0.751. The fraction of sp³-hybridized carbons (Fsp3) is 0.429. The highest BCUT2D eigenvalue weighted by Crippen LogP contribution is 2.20. The molecule has 0 fully saturated rings. The Bertz CT molecular complexity index is 439. The Balaban J connectivity index is 2.21. The highest BCUT2D eigenvalue weighted by Gasteiger charge is 2.08. The average Bonchev–Trinajstić information content (AvgIpc) is 2.64. The van der Waals surface area contributed by atoms with Gasteiger partial charge in [0.25, 0.3) is 0 Å². The molecule has 0 spiro atoms. The molecule has 1 atom stereocenters. The summed E-state index contributed by atoms with van der Waals surface area (Å²) in [5, 5.41) is 1.32. The van der Waals surface area contributed by atoms with Gasteiger partial charge < -0.3 is 4.98 Å². The molecule has 0 bridgehead atoms. The zero-order valence-corrected chi connectivity index (χ0v) is 9.75. The van der Waals surface area contributed by atoms with Crippen LogP contribution in [0.3, 0.4) is 0 Å². The first kappa shape index (κ1) is 10.3. The van der Waals surface area contributed by atoms with Crippen LogP contribution in [0.15, 0.2) is 30.5 Å². The standard InChI is InChI=1S/C14H19N/c1-10(2)11(3)8-12-4-5-14-13(9-12)6-7-15-14/h4-7,9-11,15H,8H2,1-3H3. The van der Waals surface area contributed by atoms with Gasteiger partial charge >= 0.3 is 0 Å². The summed E-state index contributed by atoms with van der Waals surface area (Å²) in [6, 6.07) is 8.85. The van der Waals surface area contributed by atoms with E-state index in [9.17, 15) is 0 Å². The fourth-order valence-corrected chi connectivity index (χ4v) is 1.84. The molecule has 80 valence electrons. The van der Waals surface area contributed by atoms with Gasteiger partial charge in [0.05, 0.1) is 0 Å². The number of benzene rings is 1. The van der Waals surface area contributed by atoms with Gasteiger partial charge in [-0.2, -0.15) is 0 Å². The van der Waals surface area contributed by atoms with Gasteiger partial charge in [-0.25, -0.2) is 0 Å². The Labute approximate surface area is 91.5 Å². The first-order valence-electron chi connectivity index (χ1n) is 5.73. The summed E-state index contributed by atoms with van der Waals surface area (Å²) < 4.78 is 0. The lowest BCUT2D eigenvalue weighted by atomic mass is 9.91. The van der Waals surface area contributed by atoms with E-state index < -0.39 is 0 Å². The molecule has 15 heavy (non-hydrogen) atoms. The van der Waals surface area contributed by atoms with Crippen LogP contribution in [0.25, 0.3) is 10.9 Å². The molecule has 0 amide bonds. The number of hydrogen-bond donors (Lipinski definition) is 1. The second kappa shape index (κ2) is 4.09. The summed E-state index contributed by atoms with van der Waals surface area (Å²) in [7, 11) is 0. The van der Waals surface area contributed by atoms with Crippen LogP contribution in [0.1, 0.15) is 26.3 Å². The van der Waals surface area contributed by atoms with Crippen molar-refractivity contribution in [1.82, 2.24) is 4.98 Å². The molecule has 1 nitrogen and oxygen atoms in total. The summed E-state index contributed by atoms with van der Waals surface area (Å²) in [5.74, 6) is 1.51. The molecule has 1 heterocycles. The van der Waals surface area contributed by atoms with Crippen LogP contribution >= 0.6 is 0 Å². The van der Waals surface area contributed by atoms with E-state index in [4.69, 9.17) is 0 Å². The van der Waals surface area contributed by atoms with Crippen molar-refractivity contribution in [2.24, 2.45) is 11.8 Å². The predicted molar refractivity (Wildman–Crippen MR) is 66.0 cm³/mol. The van der Waals surface area contributed by atoms with E-state index in [-0.39, 0.29) is 0 Å². The molecule has 0 saturated carbocycles. The normalized spacial score (nSPS) is 13.6. The highest BCUT2D eigenvalue weighted by molar-refractivity contribution is 5.79. The minimum Gasteiger partial charge on any atom is -0.361 e. The van der Waals surface area contributed by atoms with Crippen molar-refractivity contribution in [2.75, 3.05) is 0 Å². The van der Waals surface area contributed by atoms with Gasteiger partial charge in [0, 0.05) is 11.7 Å². The summed E-state index contributed by atoms with van der Waals surface area (Å²) in [5.41, 5.74) is 2.68. The van der Waals surface area contributed by atoms with Crippen molar-refractivity contribution < 1.29 is 0 Å². The van der Waals surface area contributed by atoms with Gasteiger partial charge in [-0.05, 0) is 47.4 Å². The molecule has 0 radical (unpaired) electrons. The van der Waals surface area contributed by atoms with Crippen LogP contribution in [0.5, 0.6) is 0 Å². The molecule has 0 saturated heterocycles. The van der Waals surface area contributed by atoms with Gasteiger partial charge in [0.1, 0.15) is 0 Å². The Morgan fingerprint density at radius 1 is 1.13 bits per heavy atom. The second-order valence-corrected chi connectivity index (χ2v) is 4.82. The largest absolute Gasteiger partial charge is 0.361 e. The molecule has 0 aliphatic carbocycles.